The second kappa shape index (κ2) is 9.66. The number of anilines is 1. The zero-order valence-corrected chi connectivity index (χ0v) is 17.9. The van der Waals surface area contributed by atoms with Gasteiger partial charge in [0.15, 0.2) is 5.96 Å². The molecule has 0 radical (unpaired) electrons. The fourth-order valence-corrected chi connectivity index (χ4v) is 3.13. The summed E-state index contributed by atoms with van der Waals surface area (Å²) in [5.74, 6) is -0.297. The van der Waals surface area contributed by atoms with Crippen LogP contribution < -0.4 is 16.5 Å². The Morgan fingerprint density at radius 2 is 1.97 bits per heavy atom. The number of carbonyl (C=O) groups excluding carboxylic acids is 2. The quantitative estimate of drug-likeness (QED) is 0.550. The van der Waals surface area contributed by atoms with E-state index in [1.54, 1.807) is 42.9 Å². The normalized spacial score (nSPS) is 17.5. The molecule has 1 aliphatic heterocycles. The summed E-state index contributed by atoms with van der Waals surface area (Å²) in [6.45, 7) is 3.66. The van der Waals surface area contributed by atoms with Crippen LogP contribution in [-0.2, 0) is 4.79 Å². The molecule has 9 nitrogen and oxygen atoms in total. The van der Waals surface area contributed by atoms with Crippen molar-refractivity contribution in [1.29, 1.82) is 0 Å². The summed E-state index contributed by atoms with van der Waals surface area (Å²) in [6.07, 6.45) is 1.41. The maximum Gasteiger partial charge on any atom is 0.274 e. The highest BCUT2D eigenvalue weighted by atomic mass is 35.5. The summed E-state index contributed by atoms with van der Waals surface area (Å²) in [7, 11) is 3.04. The third-order valence-corrected chi connectivity index (χ3v) is 4.79. The van der Waals surface area contributed by atoms with Gasteiger partial charge < -0.3 is 16.3 Å². The van der Waals surface area contributed by atoms with Crippen LogP contribution in [0, 0.1) is 5.41 Å². The lowest BCUT2D eigenvalue weighted by Crippen LogP contribution is -2.51. The maximum absolute atomic E-state index is 12.6. The van der Waals surface area contributed by atoms with Crippen molar-refractivity contribution in [1.82, 2.24) is 15.4 Å². The molecule has 1 atom stereocenters. The maximum atomic E-state index is 12.6. The van der Waals surface area contributed by atoms with E-state index in [0.29, 0.717) is 10.7 Å². The molecule has 30 heavy (non-hydrogen) atoms. The number of benzene rings is 1. The van der Waals surface area contributed by atoms with Crippen molar-refractivity contribution in [2.24, 2.45) is 16.1 Å². The Balaban J connectivity index is 0.00000101. The third kappa shape index (κ3) is 5.12. The van der Waals surface area contributed by atoms with Crippen molar-refractivity contribution in [2.75, 3.05) is 19.4 Å². The average molecular weight is 433 g/mol. The Morgan fingerprint density at radius 3 is 2.57 bits per heavy atom. The standard InChI is InChI=1S/C19H20ClN5O2.CH5NO/c1-19(2)15(24-18(21)25(3)17(19)27)11-5-4-6-13(9-11)23-16(26)14-8-7-12(20)10-22-14;1-2-3/h4-10,15H,1-3H3,(H2,21,24)(H,23,26);2-3H,1H3. The molecule has 10 heteroatoms. The average Bonchev–Trinajstić information content (AvgIpc) is 2.70. The zero-order valence-electron chi connectivity index (χ0n) is 17.2. The first kappa shape index (κ1) is 23.3. The lowest BCUT2D eigenvalue weighted by Gasteiger charge is -2.38. The Bertz CT molecular complexity index is 946. The molecule has 160 valence electrons. The van der Waals surface area contributed by atoms with Crippen molar-refractivity contribution < 1.29 is 14.8 Å². The Labute approximate surface area is 179 Å². The molecule has 1 aromatic heterocycles. The van der Waals surface area contributed by atoms with Gasteiger partial charge in [0.1, 0.15) is 5.69 Å². The molecule has 0 saturated heterocycles. The van der Waals surface area contributed by atoms with Crippen LogP contribution in [0.15, 0.2) is 47.6 Å². The van der Waals surface area contributed by atoms with Gasteiger partial charge in [0.05, 0.1) is 16.5 Å². The predicted molar refractivity (Wildman–Crippen MR) is 115 cm³/mol. The zero-order chi connectivity index (χ0) is 22.5. The molecule has 2 aromatic rings. The number of aromatic nitrogens is 1. The van der Waals surface area contributed by atoms with Gasteiger partial charge in [0, 0.05) is 26.0 Å². The molecule has 3 rings (SSSR count). The van der Waals surface area contributed by atoms with Gasteiger partial charge in [-0.1, -0.05) is 23.7 Å². The first-order valence-electron chi connectivity index (χ1n) is 9.07. The first-order chi connectivity index (χ1) is 14.1. The number of hydrogen-bond acceptors (Lipinski definition) is 7. The summed E-state index contributed by atoms with van der Waals surface area (Å²) in [4.78, 5) is 34.8. The van der Waals surface area contributed by atoms with Crippen molar-refractivity contribution in [2.45, 2.75) is 19.9 Å². The fraction of sp³-hybridized carbons (Fsp3) is 0.300. The summed E-state index contributed by atoms with van der Waals surface area (Å²) in [5.41, 5.74) is 8.48. The van der Waals surface area contributed by atoms with E-state index in [1.807, 2.05) is 19.9 Å². The number of aliphatic imine (C=N–C) groups is 1. The fourth-order valence-electron chi connectivity index (χ4n) is 3.02. The highest BCUT2D eigenvalue weighted by Crippen LogP contribution is 2.41. The van der Waals surface area contributed by atoms with Crippen molar-refractivity contribution in [3.8, 4) is 0 Å². The molecule has 0 aliphatic carbocycles. The van der Waals surface area contributed by atoms with Crippen LogP contribution in [-0.4, -0.2) is 47.0 Å². The van der Waals surface area contributed by atoms with Gasteiger partial charge in [-0.05, 0) is 43.7 Å². The van der Waals surface area contributed by atoms with E-state index in [0.717, 1.165) is 5.56 Å². The Hall–Kier alpha value is -3.01. The minimum atomic E-state index is -0.766. The van der Waals surface area contributed by atoms with Crippen LogP contribution in [0.25, 0.3) is 0 Å². The van der Waals surface area contributed by atoms with Gasteiger partial charge in [-0.15, -0.1) is 0 Å². The predicted octanol–water partition coefficient (Wildman–Crippen LogP) is 2.44. The number of guanidine groups is 1. The van der Waals surface area contributed by atoms with Crippen LogP contribution in [0.2, 0.25) is 5.02 Å². The van der Waals surface area contributed by atoms with E-state index < -0.39 is 11.5 Å². The lowest BCUT2D eigenvalue weighted by atomic mass is 9.78. The number of amides is 2. The van der Waals surface area contributed by atoms with Gasteiger partial charge in [-0.25, -0.2) is 15.5 Å². The molecule has 0 bridgehead atoms. The topological polar surface area (TPSA) is 133 Å². The molecule has 5 N–H and O–H groups in total. The number of carbonyl (C=O) groups is 2. The number of halogens is 1. The summed E-state index contributed by atoms with van der Waals surface area (Å²) in [6, 6.07) is 9.90. The highest BCUT2D eigenvalue weighted by molar-refractivity contribution is 6.30. The van der Waals surface area contributed by atoms with Crippen molar-refractivity contribution >= 4 is 35.1 Å². The molecule has 0 saturated carbocycles. The van der Waals surface area contributed by atoms with Crippen molar-refractivity contribution in [3.05, 3.63) is 58.9 Å². The van der Waals surface area contributed by atoms with Gasteiger partial charge >= 0.3 is 0 Å². The number of nitrogens with zero attached hydrogens (tertiary/aromatic N) is 3. The minimum Gasteiger partial charge on any atom is -0.369 e. The van der Waals surface area contributed by atoms with Crippen LogP contribution in [0.1, 0.15) is 35.9 Å². The van der Waals surface area contributed by atoms with E-state index >= 15 is 0 Å². The summed E-state index contributed by atoms with van der Waals surface area (Å²) < 4.78 is 0. The van der Waals surface area contributed by atoms with Gasteiger partial charge in [-0.3, -0.25) is 14.5 Å². The van der Waals surface area contributed by atoms with E-state index in [-0.39, 0.29) is 23.5 Å². The molecular formula is C20H25ClN6O3. The van der Waals surface area contributed by atoms with Gasteiger partial charge in [0.2, 0.25) is 5.91 Å². The second-order valence-electron chi connectivity index (χ2n) is 7.14. The largest absolute Gasteiger partial charge is 0.369 e. The number of nitrogens with one attached hydrogen (secondary N) is 2. The van der Waals surface area contributed by atoms with E-state index in [4.69, 9.17) is 22.5 Å². The number of hydrogen-bond donors (Lipinski definition) is 4. The van der Waals surface area contributed by atoms with E-state index in [9.17, 15) is 9.59 Å². The number of hydroxylamine groups is 1. The number of pyridine rings is 1. The monoisotopic (exact) mass is 432 g/mol. The molecule has 0 fully saturated rings. The SMILES string of the molecule is CN1C(=O)C(C)(C)C(c2cccc(NC(=O)c3ccc(Cl)cn3)c2)N=C1N.CNO. The molecule has 1 unspecified atom stereocenters. The van der Waals surface area contributed by atoms with Gasteiger partial charge in [0.25, 0.3) is 5.91 Å². The molecule has 0 spiro atoms. The summed E-state index contributed by atoms with van der Waals surface area (Å²) >= 11 is 5.80. The molecule has 1 aromatic carbocycles. The third-order valence-electron chi connectivity index (χ3n) is 4.56. The summed E-state index contributed by atoms with van der Waals surface area (Å²) in [5, 5.41) is 10.6. The van der Waals surface area contributed by atoms with Crippen LogP contribution in [0.5, 0.6) is 0 Å². The van der Waals surface area contributed by atoms with Gasteiger partial charge in [-0.2, -0.15) is 0 Å². The second-order valence-corrected chi connectivity index (χ2v) is 7.58. The minimum absolute atomic E-state index is 0.111. The van der Waals surface area contributed by atoms with E-state index in [1.165, 1.54) is 18.1 Å². The first-order valence-corrected chi connectivity index (χ1v) is 9.44. The van der Waals surface area contributed by atoms with Crippen LogP contribution in [0.4, 0.5) is 5.69 Å². The number of nitrogens with two attached hydrogens (primary N) is 1. The lowest BCUT2D eigenvalue weighted by molar-refractivity contribution is -0.137. The molecule has 2 amide bonds. The highest BCUT2D eigenvalue weighted by Gasteiger charge is 2.44. The Kier molecular flexibility index (Phi) is 7.49. The number of rotatable bonds is 3. The van der Waals surface area contributed by atoms with E-state index in [2.05, 4.69) is 15.3 Å². The smallest absolute Gasteiger partial charge is 0.274 e. The molecule has 2 heterocycles. The Morgan fingerprint density at radius 1 is 1.30 bits per heavy atom. The van der Waals surface area contributed by atoms with Crippen LogP contribution >= 0.6 is 11.6 Å². The molecule has 1 aliphatic rings. The van der Waals surface area contributed by atoms with Crippen molar-refractivity contribution in [3.63, 3.8) is 0 Å². The molecular weight excluding hydrogens is 408 g/mol. The van der Waals surface area contributed by atoms with Crippen LogP contribution in [0.3, 0.4) is 0 Å².